The molecule has 1 amide bonds. The van der Waals surface area contributed by atoms with Crippen LogP contribution in [-0.4, -0.2) is 87.6 Å². The molecule has 0 atom stereocenters. The Morgan fingerprint density at radius 3 is 2.47 bits per heavy atom. The molecule has 1 N–H and O–H groups in total. The van der Waals surface area contributed by atoms with Crippen molar-refractivity contribution >= 4 is 46.0 Å². The van der Waals surface area contributed by atoms with Crippen LogP contribution in [0.25, 0.3) is 11.0 Å². The van der Waals surface area contributed by atoms with Crippen molar-refractivity contribution in [3.8, 4) is 0 Å². The molecule has 0 aliphatic carbocycles. The topological polar surface area (TPSA) is 86.6 Å². The molecular weight excluding hydrogens is 474 g/mol. The van der Waals surface area contributed by atoms with Crippen LogP contribution in [0, 0.1) is 0 Å². The number of aromatic nitrogens is 3. The summed E-state index contributed by atoms with van der Waals surface area (Å²) in [4.78, 5) is 40.2. The van der Waals surface area contributed by atoms with Crippen molar-refractivity contribution in [1.82, 2.24) is 24.3 Å². The lowest BCUT2D eigenvalue weighted by atomic mass is 10.2. The number of benzene rings is 1. The van der Waals surface area contributed by atoms with Gasteiger partial charge in [-0.2, -0.15) is 16.7 Å². The molecule has 2 fully saturated rings. The zero-order chi connectivity index (χ0) is 24.9. The number of hydrogen-bond acceptors (Lipinski definition) is 8. The molecule has 0 spiro atoms. The molecule has 1 aromatic carbocycles. The third-order valence-electron chi connectivity index (χ3n) is 6.72. The molecule has 36 heavy (non-hydrogen) atoms. The molecule has 0 radical (unpaired) electrons. The van der Waals surface area contributed by atoms with Gasteiger partial charge in [-0.1, -0.05) is 6.58 Å². The number of carbonyl (C=O) groups is 1. The fraction of sp³-hybridized carbons (Fsp3) is 0.385. The van der Waals surface area contributed by atoms with E-state index in [1.807, 2.05) is 23.9 Å². The monoisotopic (exact) mass is 505 g/mol. The summed E-state index contributed by atoms with van der Waals surface area (Å²) in [6.07, 6.45) is 3.11. The number of nitrogens with one attached hydrogen (secondary N) is 1. The number of pyridine rings is 1. The lowest BCUT2D eigenvalue weighted by Crippen LogP contribution is -2.49. The van der Waals surface area contributed by atoms with Crippen molar-refractivity contribution in [3.05, 3.63) is 65.6 Å². The van der Waals surface area contributed by atoms with Crippen LogP contribution in [0.4, 0.5) is 17.3 Å². The summed E-state index contributed by atoms with van der Waals surface area (Å²) < 4.78 is 1.71. The van der Waals surface area contributed by atoms with Crippen LogP contribution in [0.2, 0.25) is 0 Å². The third-order valence-corrected chi connectivity index (χ3v) is 7.66. The first-order valence-electron chi connectivity index (χ1n) is 12.3. The van der Waals surface area contributed by atoms with Crippen LogP contribution in [0.1, 0.15) is 0 Å². The maximum Gasteiger partial charge on any atom is 0.252 e. The lowest BCUT2D eigenvalue weighted by Gasteiger charge is -2.34. The fourth-order valence-corrected chi connectivity index (χ4v) is 5.52. The summed E-state index contributed by atoms with van der Waals surface area (Å²) in [6.45, 7) is 9.82. The van der Waals surface area contributed by atoms with E-state index in [9.17, 15) is 9.59 Å². The highest BCUT2D eigenvalue weighted by molar-refractivity contribution is 7.99. The van der Waals surface area contributed by atoms with E-state index in [0.717, 1.165) is 48.8 Å². The van der Waals surface area contributed by atoms with E-state index in [2.05, 4.69) is 38.8 Å². The quantitative estimate of drug-likeness (QED) is 0.490. The molecule has 9 nitrogen and oxygen atoms in total. The van der Waals surface area contributed by atoms with Gasteiger partial charge < -0.3 is 15.1 Å². The number of rotatable bonds is 7. The van der Waals surface area contributed by atoms with Gasteiger partial charge in [0.25, 0.3) is 5.56 Å². The number of fused-ring (bicyclic) bond motifs is 1. The minimum atomic E-state index is -0.0864. The Morgan fingerprint density at radius 1 is 1.00 bits per heavy atom. The summed E-state index contributed by atoms with van der Waals surface area (Å²) in [6, 6.07) is 11.7. The highest BCUT2D eigenvalue weighted by Crippen LogP contribution is 2.23. The van der Waals surface area contributed by atoms with Crippen molar-refractivity contribution in [2.75, 3.05) is 67.5 Å². The third kappa shape index (κ3) is 5.55. The SMILES string of the molecule is C=CC(=O)N1CCN(CCn2c(=O)ccc3cnc(Nc4ccc(N5CCSCC5)cc4)nc32)CC1. The van der Waals surface area contributed by atoms with E-state index in [-0.39, 0.29) is 11.5 Å². The van der Waals surface area contributed by atoms with Gasteiger partial charge in [0.05, 0.1) is 0 Å². The molecule has 4 heterocycles. The first-order chi connectivity index (χ1) is 17.6. The largest absolute Gasteiger partial charge is 0.370 e. The minimum absolute atomic E-state index is 0.0307. The molecule has 2 aliphatic rings. The standard InChI is InChI=1S/C26H31N7O2S/c1-2-23(34)32-12-9-30(10-13-32)11-14-33-24(35)8-3-20-19-27-26(29-25(20)33)28-21-4-6-22(7-5-21)31-15-17-36-18-16-31/h2-8,19H,1,9-18H2,(H,27,28,29). The smallest absolute Gasteiger partial charge is 0.252 e. The van der Waals surface area contributed by atoms with Gasteiger partial charge in [-0.25, -0.2) is 4.98 Å². The van der Waals surface area contributed by atoms with Crippen LogP contribution in [0.5, 0.6) is 0 Å². The number of nitrogens with zero attached hydrogens (tertiary/aromatic N) is 6. The first-order valence-corrected chi connectivity index (χ1v) is 13.5. The normalized spacial score (nSPS) is 16.8. The summed E-state index contributed by atoms with van der Waals surface area (Å²) in [5, 5.41) is 4.10. The van der Waals surface area contributed by atoms with Gasteiger partial charge in [-0.05, 0) is 36.4 Å². The summed E-state index contributed by atoms with van der Waals surface area (Å²) in [5.41, 5.74) is 2.66. The molecular formula is C26H31N7O2S. The molecule has 0 saturated carbocycles. The molecule has 3 aromatic rings. The second-order valence-corrected chi connectivity index (χ2v) is 10.2. The summed E-state index contributed by atoms with van der Waals surface area (Å²) >= 11 is 2.00. The molecule has 0 unspecified atom stereocenters. The van der Waals surface area contributed by atoms with E-state index in [0.29, 0.717) is 37.8 Å². The maximum atomic E-state index is 12.7. The van der Waals surface area contributed by atoms with E-state index >= 15 is 0 Å². The van der Waals surface area contributed by atoms with Gasteiger partial charge in [0, 0.05) is 92.9 Å². The highest BCUT2D eigenvalue weighted by Gasteiger charge is 2.19. The van der Waals surface area contributed by atoms with Crippen molar-refractivity contribution in [2.24, 2.45) is 0 Å². The number of anilines is 3. The Hall–Kier alpha value is -3.37. The molecule has 0 bridgehead atoms. The molecule has 10 heteroatoms. The number of amides is 1. The van der Waals surface area contributed by atoms with Crippen LogP contribution < -0.4 is 15.8 Å². The molecule has 5 rings (SSSR count). The molecule has 2 saturated heterocycles. The molecule has 188 valence electrons. The average molecular weight is 506 g/mol. The van der Waals surface area contributed by atoms with Crippen molar-refractivity contribution < 1.29 is 4.79 Å². The second kappa shape index (κ2) is 11.1. The van der Waals surface area contributed by atoms with Crippen molar-refractivity contribution in [2.45, 2.75) is 6.54 Å². The van der Waals surface area contributed by atoms with Gasteiger partial charge in [0.1, 0.15) is 5.65 Å². The van der Waals surface area contributed by atoms with E-state index < -0.39 is 0 Å². The number of piperazine rings is 1. The Labute approximate surface area is 214 Å². The van der Waals surface area contributed by atoms with Crippen LogP contribution >= 0.6 is 11.8 Å². The second-order valence-electron chi connectivity index (χ2n) is 8.94. The van der Waals surface area contributed by atoms with Gasteiger partial charge in [0.15, 0.2) is 0 Å². The van der Waals surface area contributed by atoms with Crippen molar-refractivity contribution in [3.63, 3.8) is 0 Å². The Kier molecular flexibility index (Phi) is 7.52. The molecule has 2 aliphatic heterocycles. The number of carbonyl (C=O) groups excluding carboxylic acids is 1. The Balaban J connectivity index is 1.27. The van der Waals surface area contributed by atoms with Gasteiger partial charge >= 0.3 is 0 Å². The highest BCUT2D eigenvalue weighted by atomic mass is 32.2. The van der Waals surface area contributed by atoms with Crippen molar-refractivity contribution in [1.29, 1.82) is 0 Å². The number of hydrogen-bond donors (Lipinski definition) is 1. The maximum absolute atomic E-state index is 12.7. The van der Waals surface area contributed by atoms with Gasteiger partial charge in [-0.3, -0.25) is 19.1 Å². The Bertz CT molecular complexity index is 1280. The van der Waals surface area contributed by atoms with Gasteiger partial charge in [-0.15, -0.1) is 0 Å². The van der Waals surface area contributed by atoms with E-state index in [1.165, 1.54) is 11.8 Å². The zero-order valence-corrected chi connectivity index (χ0v) is 21.1. The number of thioether (sulfide) groups is 1. The van der Waals surface area contributed by atoms with E-state index in [1.54, 1.807) is 27.8 Å². The predicted octanol–water partition coefficient (Wildman–Crippen LogP) is 2.42. The van der Waals surface area contributed by atoms with Gasteiger partial charge in [0.2, 0.25) is 11.9 Å². The average Bonchev–Trinajstić information content (AvgIpc) is 2.93. The summed E-state index contributed by atoms with van der Waals surface area (Å²) in [5.74, 6) is 2.76. The first kappa shape index (κ1) is 24.3. The minimum Gasteiger partial charge on any atom is -0.370 e. The Morgan fingerprint density at radius 2 is 1.75 bits per heavy atom. The lowest BCUT2D eigenvalue weighted by molar-refractivity contribution is -0.127. The zero-order valence-electron chi connectivity index (χ0n) is 20.3. The summed E-state index contributed by atoms with van der Waals surface area (Å²) in [7, 11) is 0. The van der Waals surface area contributed by atoms with E-state index in [4.69, 9.17) is 4.98 Å². The van der Waals surface area contributed by atoms with Crippen LogP contribution in [0.15, 0.2) is 60.0 Å². The van der Waals surface area contributed by atoms with Crippen LogP contribution in [-0.2, 0) is 11.3 Å². The molecule has 2 aromatic heterocycles. The fourth-order valence-electron chi connectivity index (χ4n) is 4.62. The predicted molar refractivity (Wildman–Crippen MR) is 146 cm³/mol. The van der Waals surface area contributed by atoms with Crippen LogP contribution in [0.3, 0.4) is 0 Å².